The van der Waals surface area contributed by atoms with Gasteiger partial charge in [0.1, 0.15) is 0 Å². The molecule has 0 aliphatic carbocycles. The fourth-order valence-electron chi connectivity index (χ4n) is 4.27. The molecule has 178 valence electrons. The lowest BCUT2D eigenvalue weighted by Crippen LogP contribution is -2.41. The van der Waals surface area contributed by atoms with Crippen molar-refractivity contribution < 1.29 is 19.0 Å². The van der Waals surface area contributed by atoms with Gasteiger partial charge >= 0.3 is 0 Å². The number of likely N-dealkylation sites (tertiary alicyclic amines) is 1. The number of piperidine rings is 1. The van der Waals surface area contributed by atoms with Gasteiger partial charge in [0.25, 0.3) is 5.91 Å². The molecule has 0 bridgehead atoms. The molecule has 0 saturated carbocycles. The van der Waals surface area contributed by atoms with Crippen LogP contribution in [0.2, 0.25) is 0 Å². The van der Waals surface area contributed by atoms with Gasteiger partial charge in [-0.1, -0.05) is 48.4 Å². The van der Waals surface area contributed by atoms with E-state index in [4.69, 9.17) is 14.2 Å². The monoisotopic (exact) mass is 452 g/mol. The van der Waals surface area contributed by atoms with Gasteiger partial charge in [-0.05, 0) is 50.6 Å². The minimum absolute atomic E-state index is 0.0490. The number of ether oxygens (including phenoxy) is 3. The molecule has 33 heavy (non-hydrogen) atoms. The third-order valence-corrected chi connectivity index (χ3v) is 5.99. The molecule has 1 aliphatic heterocycles. The lowest BCUT2D eigenvalue weighted by molar-refractivity contribution is 0.0744. The molecule has 6 heteroatoms. The Hall–Kier alpha value is -2.99. The second-order valence-corrected chi connectivity index (χ2v) is 8.44. The zero-order valence-electron chi connectivity index (χ0n) is 20.3. The Bertz CT molecular complexity index is 911. The Morgan fingerprint density at radius 3 is 2.18 bits per heavy atom. The van der Waals surface area contributed by atoms with Crippen LogP contribution in [0.5, 0.6) is 17.2 Å². The van der Waals surface area contributed by atoms with E-state index in [1.807, 2.05) is 23.1 Å². The Morgan fingerprint density at radius 1 is 0.970 bits per heavy atom. The summed E-state index contributed by atoms with van der Waals surface area (Å²) < 4.78 is 16.4. The molecule has 2 aromatic carbocycles. The van der Waals surface area contributed by atoms with E-state index in [1.165, 1.54) is 19.3 Å². The van der Waals surface area contributed by atoms with Gasteiger partial charge in [-0.3, -0.25) is 4.79 Å². The van der Waals surface area contributed by atoms with E-state index in [0.29, 0.717) is 35.9 Å². The van der Waals surface area contributed by atoms with Crippen LogP contribution in [-0.2, 0) is 0 Å². The number of amides is 1. The first-order valence-electron chi connectivity index (χ1n) is 11.6. The molecule has 1 amide bonds. The number of hydrogen-bond acceptors (Lipinski definition) is 5. The maximum Gasteiger partial charge on any atom is 0.254 e. The van der Waals surface area contributed by atoms with Crippen LogP contribution in [-0.4, -0.2) is 69.8 Å². The van der Waals surface area contributed by atoms with E-state index in [0.717, 1.165) is 30.8 Å². The van der Waals surface area contributed by atoms with Crippen LogP contribution in [0.3, 0.4) is 0 Å². The zero-order chi connectivity index (χ0) is 23.6. The summed E-state index contributed by atoms with van der Waals surface area (Å²) in [5, 5.41) is 0. The van der Waals surface area contributed by atoms with E-state index < -0.39 is 0 Å². The molecule has 0 spiro atoms. The summed E-state index contributed by atoms with van der Waals surface area (Å²) in [6, 6.07) is 13.7. The third kappa shape index (κ3) is 6.75. The average Bonchev–Trinajstić information content (AvgIpc) is 2.86. The smallest absolute Gasteiger partial charge is 0.254 e. The van der Waals surface area contributed by atoms with Crippen molar-refractivity contribution in [2.75, 3.05) is 54.1 Å². The van der Waals surface area contributed by atoms with Crippen molar-refractivity contribution in [1.29, 1.82) is 0 Å². The fraction of sp³-hybridized carbons (Fsp3) is 0.444. The normalized spacial score (nSPS) is 14.6. The van der Waals surface area contributed by atoms with Crippen LogP contribution in [0.4, 0.5) is 0 Å². The average molecular weight is 453 g/mol. The van der Waals surface area contributed by atoms with Crippen LogP contribution in [0.25, 0.3) is 6.08 Å². The summed E-state index contributed by atoms with van der Waals surface area (Å²) in [6.07, 6.45) is 5.89. The van der Waals surface area contributed by atoms with Crippen molar-refractivity contribution in [3.05, 3.63) is 59.2 Å². The predicted molar refractivity (Wildman–Crippen MR) is 132 cm³/mol. The predicted octanol–water partition coefficient (Wildman–Crippen LogP) is 4.74. The first-order chi connectivity index (χ1) is 16.0. The van der Waals surface area contributed by atoms with E-state index in [2.05, 4.69) is 30.0 Å². The molecule has 6 nitrogen and oxygen atoms in total. The SMILES string of the molecule is COc1cc(C(=O)N(CCN2CCCCC2)C/C(C)=C/c2ccccc2)cc(OC)c1OC. The first-order valence-corrected chi connectivity index (χ1v) is 11.6. The van der Waals surface area contributed by atoms with Crippen LogP contribution >= 0.6 is 0 Å². The lowest BCUT2D eigenvalue weighted by Gasteiger charge is -2.30. The van der Waals surface area contributed by atoms with Gasteiger partial charge in [-0.25, -0.2) is 0 Å². The number of benzene rings is 2. The maximum atomic E-state index is 13.7. The highest BCUT2D eigenvalue weighted by molar-refractivity contribution is 5.96. The van der Waals surface area contributed by atoms with Gasteiger partial charge in [0.15, 0.2) is 11.5 Å². The van der Waals surface area contributed by atoms with Gasteiger partial charge in [-0.15, -0.1) is 0 Å². The first kappa shape index (κ1) is 24.6. The molecule has 2 aromatic rings. The van der Waals surface area contributed by atoms with Crippen molar-refractivity contribution in [2.45, 2.75) is 26.2 Å². The second kappa shape index (κ2) is 12.3. The number of carbonyl (C=O) groups excluding carboxylic acids is 1. The molecule has 0 N–H and O–H groups in total. The van der Waals surface area contributed by atoms with Gasteiger partial charge in [-0.2, -0.15) is 0 Å². The largest absolute Gasteiger partial charge is 0.493 e. The van der Waals surface area contributed by atoms with Crippen molar-refractivity contribution in [3.63, 3.8) is 0 Å². The zero-order valence-corrected chi connectivity index (χ0v) is 20.3. The summed E-state index contributed by atoms with van der Waals surface area (Å²) in [6.45, 7) is 6.36. The summed E-state index contributed by atoms with van der Waals surface area (Å²) in [5.41, 5.74) is 2.78. The van der Waals surface area contributed by atoms with Crippen molar-refractivity contribution >= 4 is 12.0 Å². The number of hydrogen-bond donors (Lipinski definition) is 0. The van der Waals surface area contributed by atoms with Gasteiger partial charge in [0, 0.05) is 25.2 Å². The third-order valence-electron chi connectivity index (χ3n) is 5.99. The Morgan fingerprint density at radius 2 is 1.61 bits per heavy atom. The highest BCUT2D eigenvalue weighted by Gasteiger charge is 2.22. The lowest BCUT2D eigenvalue weighted by atomic mass is 10.1. The molecule has 0 unspecified atom stereocenters. The standard InChI is InChI=1S/C27H36N2O4/c1-21(17-22-11-7-5-8-12-22)20-29(16-15-28-13-9-6-10-14-28)27(30)23-18-24(31-2)26(33-4)25(19-23)32-3/h5,7-8,11-12,17-19H,6,9-10,13-16,20H2,1-4H3/b21-17+. The summed E-state index contributed by atoms with van der Waals surface area (Å²) in [4.78, 5) is 18.0. The van der Waals surface area contributed by atoms with E-state index >= 15 is 0 Å². The molecule has 1 aliphatic rings. The van der Waals surface area contributed by atoms with E-state index in [-0.39, 0.29) is 5.91 Å². The Kier molecular flexibility index (Phi) is 9.19. The molecule has 1 heterocycles. The van der Waals surface area contributed by atoms with Gasteiger partial charge in [0.2, 0.25) is 5.75 Å². The fourth-order valence-corrected chi connectivity index (χ4v) is 4.27. The Labute approximate surface area is 197 Å². The molecule has 0 aromatic heterocycles. The van der Waals surface area contributed by atoms with Crippen LogP contribution in [0, 0.1) is 0 Å². The molecule has 3 rings (SSSR count). The van der Waals surface area contributed by atoms with Crippen molar-refractivity contribution in [1.82, 2.24) is 9.80 Å². The summed E-state index contributed by atoms with van der Waals surface area (Å²) in [5.74, 6) is 1.39. The molecule has 0 atom stereocenters. The molecule has 1 saturated heterocycles. The van der Waals surface area contributed by atoms with Crippen LogP contribution in [0.15, 0.2) is 48.0 Å². The van der Waals surface area contributed by atoms with Gasteiger partial charge < -0.3 is 24.0 Å². The highest BCUT2D eigenvalue weighted by Crippen LogP contribution is 2.38. The molecular weight excluding hydrogens is 416 g/mol. The maximum absolute atomic E-state index is 13.7. The quantitative estimate of drug-likeness (QED) is 0.521. The number of methoxy groups -OCH3 is 3. The van der Waals surface area contributed by atoms with Crippen molar-refractivity contribution in [3.8, 4) is 17.2 Å². The highest BCUT2D eigenvalue weighted by atomic mass is 16.5. The molecular formula is C27H36N2O4. The van der Waals surface area contributed by atoms with E-state index in [1.54, 1.807) is 33.5 Å². The topological polar surface area (TPSA) is 51.2 Å². The molecule has 0 radical (unpaired) electrons. The number of rotatable bonds is 10. The van der Waals surface area contributed by atoms with Crippen LogP contribution < -0.4 is 14.2 Å². The van der Waals surface area contributed by atoms with Gasteiger partial charge in [0.05, 0.1) is 21.3 Å². The van der Waals surface area contributed by atoms with Crippen molar-refractivity contribution in [2.24, 2.45) is 0 Å². The minimum atomic E-state index is -0.0490. The van der Waals surface area contributed by atoms with Crippen LogP contribution in [0.1, 0.15) is 42.1 Å². The number of nitrogens with zero attached hydrogens (tertiary/aromatic N) is 2. The summed E-state index contributed by atoms with van der Waals surface area (Å²) in [7, 11) is 4.68. The molecule has 1 fully saturated rings. The minimum Gasteiger partial charge on any atom is -0.493 e. The second-order valence-electron chi connectivity index (χ2n) is 8.44. The Balaban J connectivity index is 1.85. The summed E-state index contributed by atoms with van der Waals surface area (Å²) >= 11 is 0. The number of carbonyl (C=O) groups is 1. The van der Waals surface area contributed by atoms with E-state index in [9.17, 15) is 4.79 Å².